The molecule has 1 aliphatic heterocycles. The lowest BCUT2D eigenvalue weighted by molar-refractivity contribution is -0.179. The molecule has 3 N–H and O–H groups in total. The molecule has 5 aliphatic rings. The molecule has 4 bridgehead atoms. The predicted octanol–water partition coefficient (Wildman–Crippen LogP) is 6.12. The van der Waals surface area contributed by atoms with Crippen molar-refractivity contribution in [1.82, 2.24) is 4.90 Å². The van der Waals surface area contributed by atoms with Gasteiger partial charge in [0.1, 0.15) is 5.60 Å². The highest BCUT2D eigenvalue weighted by Gasteiger charge is 2.65. The Morgan fingerprint density at radius 3 is 2.25 bits per heavy atom. The van der Waals surface area contributed by atoms with Crippen LogP contribution in [-0.4, -0.2) is 46.3 Å². The Morgan fingerprint density at radius 1 is 1.06 bits per heavy atom. The average Bonchev–Trinajstić information content (AvgIpc) is 2.78. The topological polar surface area (TPSA) is 92.9 Å². The molecule has 0 spiro atoms. The Hall–Kier alpha value is -2.08. The first kappa shape index (κ1) is 27.0. The van der Waals surface area contributed by atoms with Gasteiger partial charge in [-0.3, -0.25) is 4.79 Å². The van der Waals surface area contributed by atoms with Crippen LogP contribution in [0.1, 0.15) is 98.0 Å². The number of carbonyl (C=O) groups excluding carboxylic acids is 1. The zero-order valence-electron chi connectivity index (χ0n) is 22.9. The zero-order valence-corrected chi connectivity index (χ0v) is 22.9. The summed E-state index contributed by atoms with van der Waals surface area (Å²) in [6, 6.07) is 10.7. The van der Waals surface area contributed by atoms with Gasteiger partial charge in [-0.2, -0.15) is 0 Å². The molecular weight excluding hydrogens is 452 g/mol. The molecule has 1 aromatic rings. The minimum Gasteiger partial charge on any atom is -0.481 e. The molecule has 200 valence electrons. The number of nitrogens with two attached hydrogens (primary N) is 1. The Labute approximate surface area is 217 Å². The van der Waals surface area contributed by atoms with Crippen LogP contribution in [0.25, 0.3) is 0 Å². The van der Waals surface area contributed by atoms with E-state index in [4.69, 9.17) is 10.5 Å². The van der Waals surface area contributed by atoms with Gasteiger partial charge in [0.25, 0.3) is 0 Å². The van der Waals surface area contributed by atoms with Gasteiger partial charge in [-0.15, -0.1) is 0 Å². The van der Waals surface area contributed by atoms with Gasteiger partial charge >= 0.3 is 12.1 Å². The molecule has 4 atom stereocenters. The van der Waals surface area contributed by atoms with Crippen LogP contribution in [-0.2, 0) is 14.9 Å². The summed E-state index contributed by atoms with van der Waals surface area (Å²) in [7, 11) is 0. The quantitative estimate of drug-likeness (QED) is 0.523. The van der Waals surface area contributed by atoms with Gasteiger partial charge < -0.3 is 20.5 Å². The van der Waals surface area contributed by atoms with Gasteiger partial charge in [-0.05, 0) is 101 Å². The highest BCUT2D eigenvalue weighted by atomic mass is 16.6. The molecule has 1 saturated heterocycles. The Morgan fingerprint density at radius 2 is 1.69 bits per heavy atom. The number of nitrogens with zero attached hydrogens (tertiary/aromatic N) is 1. The van der Waals surface area contributed by atoms with E-state index in [0.29, 0.717) is 19.0 Å². The number of ether oxygens (including phenoxy) is 1. The third kappa shape index (κ3) is 5.44. The Balaban J connectivity index is 0.000000181. The summed E-state index contributed by atoms with van der Waals surface area (Å²) < 4.78 is 5.29. The SMILES string of the molecule is CC1(N)CCN(C(=O)OC(C)(C)C)CC1.CCC12CC3CC(C(=O)O)(C1)CC(c1ccccc1)(C3)C2. The van der Waals surface area contributed by atoms with Crippen molar-refractivity contribution >= 4 is 12.1 Å². The summed E-state index contributed by atoms with van der Waals surface area (Å²) in [6.07, 6.45) is 8.93. The standard InChI is InChI=1S/C19H24O2.C11H22N2O2/c1-2-17-8-14-9-18(11-17,15-6-4-3-5-7-15)13-19(10-14,12-17)16(20)21;1-10(2,3)15-9(14)13-7-5-11(4,12)6-8-13/h3-7,14H,2,8-13H2,1H3,(H,20,21);5-8,12H2,1-4H3. The van der Waals surface area contributed by atoms with E-state index in [1.165, 1.54) is 24.8 Å². The van der Waals surface area contributed by atoms with Gasteiger partial charge in [-0.25, -0.2) is 4.79 Å². The first-order valence-electron chi connectivity index (χ1n) is 13.8. The lowest BCUT2D eigenvalue weighted by Crippen LogP contribution is -2.60. The van der Waals surface area contributed by atoms with E-state index in [-0.39, 0.29) is 22.5 Å². The molecular formula is C30H46N2O4. The smallest absolute Gasteiger partial charge is 0.410 e. The van der Waals surface area contributed by atoms with Crippen LogP contribution >= 0.6 is 0 Å². The molecule has 6 heteroatoms. The number of rotatable bonds is 3. The maximum Gasteiger partial charge on any atom is 0.410 e. The Kier molecular flexibility index (Phi) is 7.00. The van der Waals surface area contributed by atoms with Crippen LogP contribution < -0.4 is 5.73 Å². The van der Waals surface area contributed by atoms with E-state index >= 15 is 0 Å². The lowest BCUT2D eigenvalue weighted by Gasteiger charge is -2.65. The molecule has 4 aliphatic carbocycles. The van der Waals surface area contributed by atoms with Crippen LogP contribution in [0.15, 0.2) is 30.3 Å². The summed E-state index contributed by atoms with van der Waals surface area (Å²) >= 11 is 0. The maximum atomic E-state index is 12.1. The second kappa shape index (κ2) is 9.34. The van der Waals surface area contributed by atoms with Gasteiger partial charge in [0.15, 0.2) is 0 Å². The molecule has 6 rings (SSSR count). The van der Waals surface area contributed by atoms with E-state index < -0.39 is 17.0 Å². The van der Waals surface area contributed by atoms with Crippen LogP contribution in [0, 0.1) is 16.7 Å². The Bertz CT molecular complexity index is 961. The van der Waals surface area contributed by atoms with Crippen molar-refractivity contribution in [3.63, 3.8) is 0 Å². The van der Waals surface area contributed by atoms with Crippen LogP contribution in [0.5, 0.6) is 0 Å². The maximum absolute atomic E-state index is 12.1. The highest BCUT2D eigenvalue weighted by molar-refractivity contribution is 5.76. The summed E-state index contributed by atoms with van der Waals surface area (Å²) in [5.74, 6) is 0.0715. The fraction of sp³-hybridized carbons (Fsp3) is 0.733. The number of carbonyl (C=O) groups is 2. The van der Waals surface area contributed by atoms with E-state index in [0.717, 1.165) is 38.5 Å². The molecule has 0 aromatic heterocycles. The first-order valence-corrected chi connectivity index (χ1v) is 13.8. The predicted molar refractivity (Wildman–Crippen MR) is 142 cm³/mol. The monoisotopic (exact) mass is 498 g/mol. The van der Waals surface area contributed by atoms with Crippen molar-refractivity contribution in [3.8, 4) is 0 Å². The number of carboxylic acids is 1. The van der Waals surface area contributed by atoms with E-state index in [9.17, 15) is 14.7 Å². The molecule has 36 heavy (non-hydrogen) atoms. The molecule has 1 heterocycles. The molecule has 1 amide bonds. The van der Waals surface area contributed by atoms with Crippen molar-refractivity contribution < 1.29 is 19.4 Å². The fourth-order valence-electron chi connectivity index (χ4n) is 7.91. The average molecular weight is 499 g/mol. The van der Waals surface area contributed by atoms with Gasteiger partial charge in [-0.1, -0.05) is 43.7 Å². The van der Waals surface area contributed by atoms with Crippen molar-refractivity contribution in [2.75, 3.05) is 13.1 Å². The first-order chi connectivity index (χ1) is 16.7. The number of carboxylic acid groups (broad SMARTS) is 1. The van der Waals surface area contributed by atoms with Crippen molar-refractivity contribution in [3.05, 3.63) is 35.9 Å². The fourth-order valence-corrected chi connectivity index (χ4v) is 7.91. The molecule has 0 radical (unpaired) electrons. The zero-order chi connectivity index (χ0) is 26.4. The second-order valence-corrected chi connectivity index (χ2v) is 13.7. The number of hydrogen-bond acceptors (Lipinski definition) is 4. The molecule has 4 unspecified atom stereocenters. The van der Waals surface area contributed by atoms with Crippen molar-refractivity contribution in [1.29, 1.82) is 0 Å². The number of benzene rings is 1. The van der Waals surface area contributed by atoms with Gasteiger partial charge in [0.2, 0.25) is 0 Å². The summed E-state index contributed by atoms with van der Waals surface area (Å²) in [5, 5.41) is 9.95. The largest absolute Gasteiger partial charge is 0.481 e. The summed E-state index contributed by atoms with van der Waals surface area (Å²) in [6.45, 7) is 11.3. The number of aliphatic carboxylic acids is 1. The van der Waals surface area contributed by atoms with Crippen LogP contribution in [0.3, 0.4) is 0 Å². The second-order valence-electron chi connectivity index (χ2n) is 13.7. The highest BCUT2D eigenvalue weighted by Crippen LogP contribution is 2.71. The van der Waals surface area contributed by atoms with Crippen molar-refractivity contribution in [2.45, 2.75) is 109 Å². The van der Waals surface area contributed by atoms with Gasteiger partial charge in [0.05, 0.1) is 5.41 Å². The summed E-state index contributed by atoms with van der Waals surface area (Å²) in [4.78, 5) is 25.5. The normalized spacial score (nSPS) is 34.5. The molecule has 5 fully saturated rings. The van der Waals surface area contributed by atoms with Crippen LogP contribution in [0.2, 0.25) is 0 Å². The minimum absolute atomic E-state index is 0.120. The number of likely N-dealkylation sites (tertiary alicyclic amines) is 1. The minimum atomic E-state index is -0.537. The van der Waals surface area contributed by atoms with Crippen molar-refractivity contribution in [2.24, 2.45) is 22.5 Å². The summed E-state index contributed by atoms with van der Waals surface area (Å²) in [5.41, 5.74) is 6.77. The molecule has 4 saturated carbocycles. The third-order valence-corrected chi connectivity index (χ3v) is 9.33. The number of amides is 1. The molecule has 6 nitrogen and oxygen atoms in total. The lowest BCUT2D eigenvalue weighted by atomic mass is 9.38. The molecule has 1 aromatic carbocycles. The van der Waals surface area contributed by atoms with Gasteiger partial charge in [0, 0.05) is 18.6 Å². The van der Waals surface area contributed by atoms with E-state index in [1.807, 2.05) is 27.7 Å². The van der Waals surface area contributed by atoms with Crippen LogP contribution in [0.4, 0.5) is 4.79 Å². The van der Waals surface area contributed by atoms with E-state index in [2.05, 4.69) is 37.3 Å². The number of piperidine rings is 1. The number of hydrogen-bond donors (Lipinski definition) is 2. The van der Waals surface area contributed by atoms with E-state index in [1.54, 1.807) is 4.90 Å². The third-order valence-electron chi connectivity index (χ3n) is 9.33.